The molecule has 0 fully saturated rings. The normalized spacial score (nSPS) is 12.7. The van der Waals surface area contributed by atoms with Crippen molar-refractivity contribution < 1.29 is 9.18 Å². The summed E-state index contributed by atoms with van der Waals surface area (Å²) in [4.78, 5) is 11.4. The summed E-state index contributed by atoms with van der Waals surface area (Å²) in [6.45, 7) is 3.92. The van der Waals surface area contributed by atoms with Crippen molar-refractivity contribution in [2.45, 2.75) is 26.3 Å². The van der Waals surface area contributed by atoms with Crippen LogP contribution in [0.1, 0.15) is 25.8 Å². The van der Waals surface area contributed by atoms with E-state index < -0.39 is 0 Å². The SMILES string of the molecule is CC[C@H](C)NC(=O)/C=C\c1ccccc1F. The van der Waals surface area contributed by atoms with Gasteiger partial charge in [0.15, 0.2) is 0 Å². The Kier molecular flexibility index (Phi) is 4.70. The lowest BCUT2D eigenvalue weighted by molar-refractivity contribution is -0.117. The predicted molar refractivity (Wildman–Crippen MR) is 63.3 cm³/mol. The highest BCUT2D eigenvalue weighted by molar-refractivity contribution is 5.91. The third-order valence-corrected chi connectivity index (χ3v) is 2.32. The maximum atomic E-state index is 13.2. The summed E-state index contributed by atoms with van der Waals surface area (Å²) in [5.41, 5.74) is 0.418. The van der Waals surface area contributed by atoms with Gasteiger partial charge in [-0.2, -0.15) is 0 Å². The van der Waals surface area contributed by atoms with Gasteiger partial charge in [0.25, 0.3) is 0 Å². The average molecular weight is 221 g/mol. The second kappa shape index (κ2) is 6.05. The van der Waals surface area contributed by atoms with Crippen LogP contribution in [0.15, 0.2) is 30.3 Å². The molecule has 0 aliphatic rings. The van der Waals surface area contributed by atoms with E-state index in [4.69, 9.17) is 0 Å². The molecule has 86 valence electrons. The van der Waals surface area contributed by atoms with E-state index in [1.165, 1.54) is 18.2 Å². The van der Waals surface area contributed by atoms with Gasteiger partial charge in [0.1, 0.15) is 5.82 Å². The average Bonchev–Trinajstić information content (AvgIpc) is 2.28. The van der Waals surface area contributed by atoms with Gasteiger partial charge in [-0.05, 0) is 25.5 Å². The number of hydrogen-bond acceptors (Lipinski definition) is 1. The molecule has 0 aliphatic carbocycles. The first-order valence-electron chi connectivity index (χ1n) is 5.36. The summed E-state index contributed by atoms with van der Waals surface area (Å²) in [6, 6.07) is 6.48. The topological polar surface area (TPSA) is 29.1 Å². The van der Waals surface area contributed by atoms with Gasteiger partial charge in [0, 0.05) is 17.7 Å². The van der Waals surface area contributed by atoms with Crippen LogP contribution in [0, 0.1) is 5.82 Å². The summed E-state index contributed by atoms with van der Waals surface area (Å²) < 4.78 is 13.2. The fraction of sp³-hybridized carbons (Fsp3) is 0.308. The Bertz CT molecular complexity index is 387. The van der Waals surface area contributed by atoms with Crippen LogP contribution in [0.4, 0.5) is 4.39 Å². The molecule has 0 spiro atoms. The summed E-state index contributed by atoms with van der Waals surface area (Å²) in [6.07, 6.45) is 3.71. The molecule has 0 radical (unpaired) electrons. The van der Waals surface area contributed by atoms with Gasteiger partial charge in [0.05, 0.1) is 0 Å². The van der Waals surface area contributed by atoms with Gasteiger partial charge < -0.3 is 5.32 Å². The van der Waals surface area contributed by atoms with Gasteiger partial charge in [-0.1, -0.05) is 25.1 Å². The van der Waals surface area contributed by atoms with Crippen LogP contribution in [0.5, 0.6) is 0 Å². The van der Waals surface area contributed by atoms with E-state index in [1.807, 2.05) is 13.8 Å². The molecule has 0 heterocycles. The maximum absolute atomic E-state index is 13.2. The van der Waals surface area contributed by atoms with Crippen LogP contribution in [-0.2, 0) is 4.79 Å². The fourth-order valence-electron chi connectivity index (χ4n) is 1.17. The molecule has 0 aromatic heterocycles. The highest BCUT2D eigenvalue weighted by Gasteiger charge is 2.01. The first-order chi connectivity index (χ1) is 7.63. The van der Waals surface area contributed by atoms with Crippen molar-refractivity contribution in [3.8, 4) is 0 Å². The molecule has 0 saturated heterocycles. The van der Waals surface area contributed by atoms with E-state index in [0.29, 0.717) is 5.56 Å². The molecule has 1 aromatic carbocycles. The monoisotopic (exact) mass is 221 g/mol. The van der Waals surface area contributed by atoms with Gasteiger partial charge in [-0.25, -0.2) is 4.39 Å². The quantitative estimate of drug-likeness (QED) is 0.778. The molecule has 0 bridgehead atoms. The Morgan fingerprint density at radius 2 is 2.19 bits per heavy atom. The van der Waals surface area contributed by atoms with Crippen molar-refractivity contribution in [3.63, 3.8) is 0 Å². The Balaban J connectivity index is 2.60. The van der Waals surface area contributed by atoms with Crippen molar-refractivity contribution in [1.82, 2.24) is 5.32 Å². The number of benzene rings is 1. The molecular formula is C13H16FNO. The third-order valence-electron chi connectivity index (χ3n) is 2.32. The molecule has 2 nitrogen and oxygen atoms in total. The summed E-state index contributed by atoms with van der Waals surface area (Å²) >= 11 is 0. The Labute approximate surface area is 95.2 Å². The predicted octanol–water partition coefficient (Wildman–Crippen LogP) is 2.75. The molecule has 1 atom stereocenters. The number of nitrogens with one attached hydrogen (secondary N) is 1. The number of rotatable bonds is 4. The molecule has 0 saturated carbocycles. The highest BCUT2D eigenvalue weighted by atomic mass is 19.1. The van der Waals surface area contributed by atoms with Crippen molar-refractivity contribution in [1.29, 1.82) is 0 Å². The van der Waals surface area contributed by atoms with E-state index in [-0.39, 0.29) is 17.8 Å². The van der Waals surface area contributed by atoms with E-state index in [9.17, 15) is 9.18 Å². The first kappa shape index (κ1) is 12.4. The smallest absolute Gasteiger partial charge is 0.244 e. The second-order valence-corrected chi connectivity index (χ2v) is 3.67. The second-order valence-electron chi connectivity index (χ2n) is 3.67. The summed E-state index contributed by atoms with van der Waals surface area (Å²) in [5, 5.41) is 2.77. The molecule has 3 heteroatoms. The Hall–Kier alpha value is -1.64. The van der Waals surface area contributed by atoms with Crippen molar-refractivity contribution >= 4 is 12.0 Å². The fourth-order valence-corrected chi connectivity index (χ4v) is 1.17. The Morgan fingerprint density at radius 3 is 2.81 bits per heavy atom. The van der Waals surface area contributed by atoms with Crippen LogP contribution in [0.3, 0.4) is 0 Å². The molecular weight excluding hydrogens is 205 g/mol. The minimum atomic E-state index is -0.324. The lowest BCUT2D eigenvalue weighted by atomic mass is 10.2. The van der Waals surface area contributed by atoms with Crippen LogP contribution < -0.4 is 5.32 Å². The molecule has 1 rings (SSSR count). The minimum Gasteiger partial charge on any atom is -0.350 e. The van der Waals surface area contributed by atoms with Crippen LogP contribution >= 0.6 is 0 Å². The molecule has 1 aromatic rings. The minimum absolute atomic E-state index is 0.137. The summed E-state index contributed by atoms with van der Waals surface area (Å²) in [7, 11) is 0. The lowest BCUT2D eigenvalue weighted by Gasteiger charge is -2.08. The molecule has 0 unspecified atom stereocenters. The van der Waals surface area contributed by atoms with Crippen LogP contribution in [0.2, 0.25) is 0 Å². The van der Waals surface area contributed by atoms with Crippen molar-refractivity contribution in [3.05, 3.63) is 41.7 Å². The molecule has 16 heavy (non-hydrogen) atoms. The number of halogens is 1. The number of carbonyl (C=O) groups excluding carboxylic acids is 1. The van der Waals surface area contributed by atoms with E-state index >= 15 is 0 Å². The zero-order chi connectivity index (χ0) is 12.0. The van der Waals surface area contributed by atoms with Gasteiger partial charge >= 0.3 is 0 Å². The van der Waals surface area contributed by atoms with Crippen LogP contribution in [-0.4, -0.2) is 11.9 Å². The van der Waals surface area contributed by atoms with E-state index in [1.54, 1.807) is 18.2 Å². The number of carbonyl (C=O) groups is 1. The highest BCUT2D eigenvalue weighted by Crippen LogP contribution is 2.07. The molecule has 1 amide bonds. The standard InChI is InChI=1S/C13H16FNO/c1-3-10(2)15-13(16)9-8-11-6-4-5-7-12(11)14/h4-10H,3H2,1-2H3,(H,15,16)/b9-8-/t10-/m0/s1. The van der Waals surface area contributed by atoms with Gasteiger partial charge in [-0.15, -0.1) is 0 Å². The number of hydrogen-bond donors (Lipinski definition) is 1. The largest absolute Gasteiger partial charge is 0.350 e. The van der Waals surface area contributed by atoms with Crippen molar-refractivity contribution in [2.24, 2.45) is 0 Å². The molecule has 1 N–H and O–H groups in total. The zero-order valence-electron chi connectivity index (χ0n) is 9.53. The van der Waals surface area contributed by atoms with Gasteiger partial charge in [-0.3, -0.25) is 4.79 Å². The Morgan fingerprint density at radius 1 is 1.50 bits per heavy atom. The lowest BCUT2D eigenvalue weighted by Crippen LogP contribution is -2.30. The zero-order valence-corrected chi connectivity index (χ0v) is 9.53. The van der Waals surface area contributed by atoms with E-state index in [0.717, 1.165) is 6.42 Å². The van der Waals surface area contributed by atoms with Gasteiger partial charge in [0.2, 0.25) is 5.91 Å². The van der Waals surface area contributed by atoms with Crippen molar-refractivity contribution in [2.75, 3.05) is 0 Å². The maximum Gasteiger partial charge on any atom is 0.244 e. The first-order valence-corrected chi connectivity index (χ1v) is 5.36. The third kappa shape index (κ3) is 3.85. The molecule has 0 aliphatic heterocycles. The van der Waals surface area contributed by atoms with Crippen LogP contribution in [0.25, 0.3) is 6.08 Å². The van der Waals surface area contributed by atoms with E-state index in [2.05, 4.69) is 5.32 Å². The number of amides is 1. The summed E-state index contributed by atoms with van der Waals surface area (Å²) in [5.74, 6) is -0.521.